The molecule has 23 heavy (non-hydrogen) atoms. The van der Waals surface area contributed by atoms with Crippen LogP contribution in [0.4, 0.5) is 5.69 Å². The van der Waals surface area contributed by atoms with Crippen LogP contribution in [0.3, 0.4) is 0 Å². The number of fused-ring (bicyclic) bond motifs is 1. The van der Waals surface area contributed by atoms with Gasteiger partial charge in [0.1, 0.15) is 11.8 Å². The van der Waals surface area contributed by atoms with Gasteiger partial charge in [0.25, 0.3) is 0 Å². The molecule has 1 aliphatic rings. The van der Waals surface area contributed by atoms with E-state index in [1.54, 1.807) is 6.26 Å². The van der Waals surface area contributed by atoms with Gasteiger partial charge in [-0.1, -0.05) is 35.5 Å². The van der Waals surface area contributed by atoms with Crippen molar-refractivity contribution in [1.82, 2.24) is 10.1 Å². The highest BCUT2D eigenvalue weighted by Gasteiger charge is 2.25. The molecule has 2 heterocycles. The molecule has 1 fully saturated rings. The summed E-state index contributed by atoms with van der Waals surface area (Å²) in [4.78, 5) is 2.24. The highest BCUT2D eigenvalue weighted by molar-refractivity contribution is 7.80. The van der Waals surface area contributed by atoms with Crippen molar-refractivity contribution in [2.75, 3.05) is 18.4 Å². The van der Waals surface area contributed by atoms with Crippen LogP contribution in [-0.4, -0.2) is 28.3 Å². The summed E-state index contributed by atoms with van der Waals surface area (Å²) >= 11 is 5.57. The van der Waals surface area contributed by atoms with Gasteiger partial charge in [-0.05, 0) is 42.4 Å². The highest BCUT2D eigenvalue weighted by Crippen LogP contribution is 2.27. The molecular weight excluding hydrogens is 306 g/mol. The second-order valence-electron chi connectivity index (χ2n) is 5.86. The molecule has 1 aromatic heterocycles. The number of hydrogen-bond donors (Lipinski definition) is 1. The number of thiocarbonyl (C=S) groups is 1. The summed E-state index contributed by atoms with van der Waals surface area (Å²) < 4.78 is 4.97. The minimum absolute atomic E-state index is 0.550. The monoisotopic (exact) mass is 323 g/mol. The first-order valence-corrected chi connectivity index (χ1v) is 8.15. The molecular formula is C18H17N3OS. The number of anilines is 1. The number of nitrogens with one attached hydrogen (secondary N) is 1. The summed E-state index contributed by atoms with van der Waals surface area (Å²) in [5, 5.41) is 9.04. The first-order chi connectivity index (χ1) is 11.3. The first-order valence-electron chi connectivity index (χ1n) is 7.74. The molecule has 0 radical (unpaired) electrons. The molecule has 1 N–H and O–H groups in total. The Bertz CT molecular complexity index is 830. The highest BCUT2D eigenvalue weighted by atomic mass is 32.1. The molecule has 4 rings (SSSR count). The second-order valence-corrected chi connectivity index (χ2v) is 6.25. The molecule has 1 atom stereocenters. The lowest BCUT2D eigenvalue weighted by Gasteiger charge is -2.20. The molecule has 0 aliphatic carbocycles. The fourth-order valence-electron chi connectivity index (χ4n) is 3.08. The van der Waals surface area contributed by atoms with Crippen molar-refractivity contribution in [3.63, 3.8) is 0 Å². The van der Waals surface area contributed by atoms with Crippen molar-refractivity contribution in [1.29, 1.82) is 0 Å². The summed E-state index contributed by atoms with van der Waals surface area (Å²) in [7, 11) is 0. The molecule has 0 amide bonds. The van der Waals surface area contributed by atoms with E-state index in [1.165, 1.54) is 5.56 Å². The van der Waals surface area contributed by atoms with Crippen molar-refractivity contribution in [2.24, 2.45) is 0 Å². The van der Waals surface area contributed by atoms with Crippen LogP contribution in [0.2, 0.25) is 0 Å². The van der Waals surface area contributed by atoms with Crippen molar-refractivity contribution < 1.29 is 4.52 Å². The molecule has 0 spiro atoms. The van der Waals surface area contributed by atoms with Crippen LogP contribution in [0, 0.1) is 0 Å². The molecule has 3 aromatic rings. The topological polar surface area (TPSA) is 41.3 Å². The molecule has 1 aliphatic heterocycles. The fraction of sp³-hybridized carbons (Fsp3) is 0.222. The van der Waals surface area contributed by atoms with E-state index in [-0.39, 0.29) is 0 Å². The predicted molar refractivity (Wildman–Crippen MR) is 95.6 cm³/mol. The normalized spacial score (nSPS) is 17.6. The summed E-state index contributed by atoms with van der Waals surface area (Å²) in [6, 6.07) is 16.6. The van der Waals surface area contributed by atoms with Crippen molar-refractivity contribution in [3.05, 3.63) is 60.4 Å². The molecule has 1 saturated heterocycles. The Morgan fingerprint density at radius 2 is 2.09 bits per heavy atom. The van der Waals surface area contributed by atoms with Crippen LogP contribution >= 0.6 is 12.2 Å². The zero-order chi connectivity index (χ0) is 15.6. The maximum absolute atomic E-state index is 5.57. The van der Waals surface area contributed by atoms with E-state index in [0.29, 0.717) is 5.92 Å². The number of likely N-dealkylation sites (tertiary alicyclic amines) is 1. The van der Waals surface area contributed by atoms with E-state index in [4.69, 9.17) is 16.7 Å². The Labute approximate surface area is 140 Å². The summed E-state index contributed by atoms with van der Waals surface area (Å²) in [5.74, 6) is 0.550. The van der Waals surface area contributed by atoms with Gasteiger partial charge in [0.15, 0.2) is 5.11 Å². The lowest BCUT2D eigenvalue weighted by Crippen LogP contribution is -2.32. The third-order valence-corrected chi connectivity index (χ3v) is 4.72. The number of hydrogen-bond acceptors (Lipinski definition) is 3. The van der Waals surface area contributed by atoms with Gasteiger partial charge in [0.2, 0.25) is 0 Å². The van der Waals surface area contributed by atoms with E-state index < -0.39 is 0 Å². The molecule has 0 unspecified atom stereocenters. The van der Waals surface area contributed by atoms with E-state index in [2.05, 4.69) is 45.7 Å². The van der Waals surface area contributed by atoms with Gasteiger partial charge in [-0.2, -0.15) is 0 Å². The van der Waals surface area contributed by atoms with Gasteiger partial charge in [-0.15, -0.1) is 0 Å². The quantitative estimate of drug-likeness (QED) is 0.722. The lowest BCUT2D eigenvalue weighted by atomic mass is 9.99. The Morgan fingerprint density at radius 3 is 2.96 bits per heavy atom. The predicted octanol–water partition coefficient (Wildman–Crippen LogP) is 4.01. The first kappa shape index (κ1) is 14.2. The molecule has 2 aromatic carbocycles. The van der Waals surface area contributed by atoms with E-state index >= 15 is 0 Å². The van der Waals surface area contributed by atoms with E-state index in [1.807, 2.05) is 18.2 Å². The maximum Gasteiger partial charge on any atom is 0.173 e. The van der Waals surface area contributed by atoms with Crippen molar-refractivity contribution in [2.45, 2.75) is 12.3 Å². The molecule has 5 heteroatoms. The van der Waals surface area contributed by atoms with Crippen LogP contribution in [0.5, 0.6) is 0 Å². The van der Waals surface area contributed by atoms with Gasteiger partial charge >= 0.3 is 0 Å². The Hall–Kier alpha value is -2.40. The smallest absolute Gasteiger partial charge is 0.173 e. The Balaban J connectivity index is 1.43. The van der Waals surface area contributed by atoms with Gasteiger partial charge in [0.05, 0.1) is 0 Å². The molecule has 116 valence electrons. The van der Waals surface area contributed by atoms with Crippen molar-refractivity contribution in [3.8, 4) is 0 Å². The lowest BCUT2D eigenvalue weighted by molar-refractivity contribution is 0.428. The minimum Gasteiger partial charge on any atom is -0.364 e. The maximum atomic E-state index is 5.57. The average molecular weight is 323 g/mol. The minimum atomic E-state index is 0.550. The third kappa shape index (κ3) is 2.92. The zero-order valence-corrected chi connectivity index (χ0v) is 13.4. The van der Waals surface area contributed by atoms with Gasteiger partial charge < -0.3 is 14.7 Å². The third-order valence-electron chi connectivity index (χ3n) is 4.36. The Morgan fingerprint density at radius 1 is 1.22 bits per heavy atom. The SMILES string of the molecule is S=C(Nc1ccc2conc2c1)N1CC[C@@H](c2ccccc2)C1. The zero-order valence-electron chi connectivity index (χ0n) is 12.6. The van der Waals surface area contributed by atoms with Crippen LogP contribution in [0.15, 0.2) is 59.3 Å². The molecule has 0 saturated carbocycles. The van der Waals surface area contributed by atoms with Crippen LogP contribution in [-0.2, 0) is 0 Å². The van der Waals surface area contributed by atoms with Crippen LogP contribution in [0.25, 0.3) is 10.9 Å². The number of aromatic nitrogens is 1. The second kappa shape index (κ2) is 6.01. The van der Waals surface area contributed by atoms with Gasteiger partial charge in [-0.3, -0.25) is 0 Å². The van der Waals surface area contributed by atoms with E-state index in [9.17, 15) is 0 Å². The Kier molecular flexibility index (Phi) is 3.71. The molecule has 0 bridgehead atoms. The van der Waals surface area contributed by atoms with Gasteiger partial charge in [-0.25, -0.2) is 0 Å². The van der Waals surface area contributed by atoms with E-state index in [0.717, 1.165) is 41.2 Å². The standard InChI is InChI=1S/C18H17N3OS/c23-18(19-16-7-6-15-12-22-20-17(15)10-16)21-9-8-14(11-21)13-4-2-1-3-5-13/h1-7,10,12,14H,8-9,11H2,(H,19,23)/t14-/m1/s1. The fourth-order valence-corrected chi connectivity index (χ4v) is 3.37. The number of rotatable bonds is 2. The summed E-state index contributed by atoms with van der Waals surface area (Å²) in [5.41, 5.74) is 3.17. The van der Waals surface area contributed by atoms with Crippen molar-refractivity contribution >= 4 is 33.9 Å². The van der Waals surface area contributed by atoms with Gasteiger partial charge in [0, 0.05) is 30.1 Å². The summed E-state index contributed by atoms with van der Waals surface area (Å²) in [6.07, 6.45) is 2.77. The summed E-state index contributed by atoms with van der Waals surface area (Å²) in [6.45, 7) is 1.94. The number of benzene rings is 2. The van der Waals surface area contributed by atoms with Crippen LogP contribution < -0.4 is 5.32 Å². The largest absolute Gasteiger partial charge is 0.364 e. The number of nitrogens with zero attached hydrogens (tertiary/aromatic N) is 2. The average Bonchev–Trinajstić information content (AvgIpc) is 3.24. The van der Waals surface area contributed by atoms with Crippen LogP contribution in [0.1, 0.15) is 17.9 Å². The molecule has 4 nitrogen and oxygen atoms in total.